The van der Waals surface area contributed by atoms with Crippen LogP contribution in [-0.2, 0) is 4.79 Å². The van der Waals surface area contributed by atoms with Gasteiger partial charge in [-0.3, -0.25) is 9.69 Å². The normalized spacial score (nSPS) is 22.8. The van der Waals surface area contributed by atoms with Gasteiger partial charge in [0.2, 0.25) is 5.91 Å². The van der Waals surface area contributed by atoms with Gasteiger partial charge in [-0.05, 0) is 20.0 Å². The summed E-state index contributed by atoms with van der Waals surface area (Å²) in [7, 11) is 4.09. The molecule has 0 saturated carbocycles. The lowest BCUT2D eigenvalue weighted by Crippen LogP contribution is -2.56. The number of amides is 1. The van der Waals surface area contributed by atoms with E-state index in [0.717, 1.165) is 26.2 Å². The lowest BCUT2D eigenvalue weighted by Gasteiger charge is -2.39. The number of nitrogens with zero attached hydrogens (tertiary/aromatic N) is 2. The van der Waals surface area contributed by atoms with E-state index >= 15 is 0 Å². The first kappa shape index (κ1) is 13.5. The molecule has 1 atom stereocenters. The number of carbonyl (C=O) groups excluding carboxylic acids is 1. The maximum Gasteiger partial charge on any atom is 0.222 e. The van der Waals surface area contributed by atoms with E-state index < -0.39 is 0 Å². The van der Waals surface area contributed by atoms with Crippen LogP contribution in [0.4, 0.5) is 0 Å². The number of hydrogen-bond acceptors (Lipinski definition) is 3. The molecule has 0 aromatic heterocycles. The quantitative estimate of drug-likeness (QED) is 0.755. The minimum atomic E-state index is 0.309. The molecule has 1 fully saturated rings. The summed E-state index contributed by atoms with van der Waals surface area (Å²) in [5.74, 6) is 0.763. The number of rotatable bonds is 4. The van der Waals surface area contributed by atoms with Crippen LogP contribution >= 0.6 is 0 Å². The topological polar surface area (TPSA) is 35.6 Å². The summed E-state index contributed by atoms with van der Waals surface area (Å²) in [5, 5.41) is 3.19. The fourth-order valence-corrected chi connectivity index (χ4v) is 2.11. The Morgan fingerprint density at radius 1 is 1.44 bits per heavy atom. The van der Waals surface area contributed by atoms with Crippen LogP contribution in [0.3, 0.4) is 0 Å². The summed E-state index contributed by atoms with van der Waals surface area (Å²) in [4.78, 5) is 16.3. The summed E-state index contributed by atoms with van der Waals surface area (Å²) in [6, 6.07) is 0.454. The van der Waals surface area contributed by atoms with Gasteiger partial charge in [0, 0.05) is 38.6 Å². The van der Waals surface area contributed by atoms with Gasteiger partial charge in [0.25, 0.3) is 0 Å². The van der Waals surface area contributed by atoms with E-state index in [1.54, 1.807) is 0 Å². The summed E-state index contributed by atoms with van der Waals surface area (Å²) < 4.78 is 0. The third-order valence-corrected chi connectivity index (χ3v) is 3.15. The lowest BCUT2D eigenvalue weighted by atomic mass is 10.1. The van der Waals surface area contributed by atoms with Crippen molar-refractivity contribution < 1.29 is 4.79 Å². The number of carbonyl (C=O) groups is 1. The Labute approximate surface area is 99.0 Å². The highest BCUT2D eigenvalue weighted by molar-refractivity contribution is 5.76. The average Bonchev–Trinajstić information content (AvgIpc) is 2.20. The highest BCUT2D eigenvalue weighted by atomic mass is 16.2. The molecule has 1 aliphatic rings. The predicted molar refractivity (Wildman–Crippen MR) is 66.4 cm³/mol. The van der Waals surface area contributed by atoms with Gasteiger partial charge in [-0.15, -0.1) is 0 Å². The molecule has 1 amide bonds. The van der Waals surface area contributed by atoms with Crippen molar-refractivity contribution in [2.24, 2.45) is 5.92 Å². The standard InChI is InChI=1S/C12H25N3O/c1-10(2)7-12(16)15-6-5-14(4)11(9-15)8-13-3/h10-11,13H,5-9H2,1-4H3. The summed E-state index contributed by atoms with van der Waals surface area (Å²) in [5.41, 5.74) is 0. The number of piperazine rings is 1. The van der Waals surface area contributed by atoms with Gasteiger partial charge in [-0.25, -0.2) is 0 Å². The largest absolute Gasteiger partial charge is 0.340 e. The third kappa shape index (κ3) is 3.76. The minimum absolute atomic E-state index is 0.309. The number of likely N-dealkylation sites (N-methyl/N-ethyl adjacent to an activating group) is 2. The Kier molecular flexibility index (Phi) is 5.22. The van der Waals surface area contributed by atoms with E-state index in [9.17, 15) is 4.79 Å². The lowest BCUT2D eigenvalue weighted by molar-refractivity contribution is -0.134. The number of nitrogens with one attached hydrogen (secondary N) is 1. The minimum Gasteiger partial charge on any atom is -0.340 e. The Morgan fingerprint density at radius 3 is 2.69 bits per heavy atom. The molecule has 0 aliphatic carbocycles. The van der Waals surface area contributed by atoms with E-state index in [0.29, 0.717) is 24.3 Å². The van der Waals surface area contributed by atoms with Gasteiger partial charge in [0.1, 0.15) is 0 Å². The molecule has 1 aliphatic heterocycles. The Hall–Kier alpha value is -0.610. The first-order chi connectivity index (χ1) is 7.54. The molecule has 4 heteroatoms. The summed E-state index contributed by atoms with van der Waals surface area (Å²) >= 11 is 0. The van der Waals surface area contributed by atoms with Crippen molar-refractivity contribution in [3.05, 3.63) is 0 Å². The molecule has 1 heterocycles. The Bertz CT molecular complexity index is 230. The molecule has 0 bridgehead atoms. The highest BCUT2D eigenvalue weighted by Gasteiger charge is 2.26. The van der Waals surface area contributed by atoms with Crippen LogP contribution in [0, 0.1) is 5.92 Å². The van der Waals surface area contributed by atoms with E-state index in [2.05, 4.69) is 31.1 Å². The van der Waals surface area contributed by atoms with Crippen molar-refractivity contribution in [3.8, 4) is 0 Å². The van der Waals surface area contributed by atoms with Gasteiger partial charge in [-0.2, -0.15) is 0 Å². The molecule has 4 nitrogen and oxygen atoms in total. The van der Waals surface area contributed by atoms with Crippen LogP contribution in [-0.4, -0.2) is 62.0 Å². The average molecular weight is 227 g/mol. The van der Waals surface area contributed by atoms with Crippen LogP contribution in [0.5, 0.6) is 0 Å². The monoisotopic (exact) mass is 227 g/mol. The van der Waals surface area contributed by atoms with E-state index in [1.807, 2.05) is 11.9 Å². The predicted octanol–water partition coefficient (Wildman–Crippen LogP) is 0.394. The van der Waals surface area contributed by atoms with Crippen LogP contribution in [0.15, 0.2) is 0 Å². The Balaban J connectivity index is 2.47. The maximum absolute atomic E-state index is 12.0. The Morgan fingerprint density at radius 2 is 2.12 bits per heavy atom. The SMILES string of the molecule is CNCC1CN(C(=O)CC(C)C)CCN1C. The van der Waals surface area contributed by atoms with Crippen LogP contribution in [0.25, 0.3) is 0 Å². The molecular weight excluding hydrogens is 202 g/mol. The van der Waals surface area contributed by atoms with Gasteiger partial charge >= 0.3 is 0 Å². The molecule has 1 N–H and O–H groups in total. The first-order valence-electron chi connectivity index (χ1n) is 6.17. The van der Waals surface area contributed by atoms with E-state index in [-0.39, 0.29) is 0 Å². The van der Waals surface area contributed by atoms with Crippen molar-refractivity contribution in [1.82, 2.24) is 15.1 Å². The zero-order valence-electron chi connectivity index (χ0n) is 11.0. The van der Waals surface area contributed by atoms with Crippen LogP contribution in [0.2, 0.25) is 0 Å². The van der Waals surface area contributed by atoms with Crippen molar-refractivity contribution in [2.75, 3.05) is 40.3 Å². The zero-order chi connectivity index (χ0) is 12.1. The molecule has 94 valence electrons. The van der Waals surface area contributed by atoms with Gasteiger partial charge in [0.15, 0.2) is 0 Å². The summed E-state index contributed by atoms with van der Waals surface area (Å²) in [6.07, 6.45) is 0.677. The second-order valence-corrected chi connectivity index (χ2v) is 5.13. The van der Waals surface area contributed by atoms with Gasteiger partial charge < -0.3 is 10.2 Å². The van der Waals surface area contributed by atoms with E-state index in [4.69, 9.17) is 0 Å². The van der Waals surface area contributed by atoms with Gasteiger partial charge in [-0.1, -0.05) is 13.8 Å². The van der Waals surface area contributed by atoms with Crippen molar-refractivity contribution >= 4 is 5.91 Å². The highest BCUT2D eigenvalue weighted by Crippen LogP contribution is 2.11. The van der Waals surface area contributed by atoms with Gasteiger partial charge in [0.05, 0.1) is 0 Å². The van der Waals surface area contributed by atoms with E-state index in [1.165, 1.54) is 0 Å². The van der Waals surface area contributed by atoms with Crippen molar-refractivity contribution in [2.45, 2.75) is 26.3 Å². The number of hydrogen-bond donors (Lipinski definition) is 1. The second-order valence-electron chi connectivity index (χ2n) is 5.13. The zero-order valence-corrected chi connectivity index (χ0v) is 11.0. The molecule has 0 spiro atoms. The fraction of sp³-hybridized carbons (Fsp3) is 0.917. The smallest absolute Gasteiger partial charge is 0.222 e. The first-order valence-corrected chi connectivity index (χ1v) is 6.17. The molecule has 1 rings (SSSR count). The van der Waals surface area contributed by atoms with Crippen molar-refractivity contribution in [1.29, 1.82) is 0 Å². The molecule has 16 heavy (non-hydrogen) atoms. The molecular formula is C12H25N3O. The third-order valence-electron chi connectivity index (χ3n) is 3.15. The molecule has 1 saturated heterocycles. The van der Waals surface area contributed by atoms with Crippen molar-refractivity contribution in [3.63, 3.8) is 0 Å². The summed E-state index contributed by atoms with van der Waals surface area (Å²) in [6.45, 7) is 7.86. The molecule has 0 radical (unpaired) electrons. The fourth-order valence-electron chi connectivity index (χ4n) is 2.11. The van der Waals surface area contributed by atoms with Crippen LogP contribution in [0.1, 0.15) is 20.3 Å². The maximum atomic E-state index is 12.0. The molecule has 0 aromatic rings. The molecule has 0 aromatic carbocycles. The molecule has 1 unspecified atom stereocenters. The van der Waals surface area contributed by atoms with Crippen LogP contribution < -0.4 is 5.32 Å². The second kappa shape index (κ2) is 6.21.